The molecule has 1 aromatic heterocycles. The molecule has 0 spiro atoms. The van der Waals surface area contributed by atoms with E-state index in [-0.39, 0.29) is 18.0 Å². The van der Waals surface area contributed by atoms with E-state index in [0.717, 1.165) is 5.56 Å². The number of hydrogen-bond acceptors (Lipinski definition) is 3. The van der Waals surface area contributed by atoms with E-state index in [9.17, 15) is 19.8 Å². The molecule has 4 aromatic rings. The third-order valence-electron chi connectivity index (χ3n) is 5.68. The first-order chi connectivity index (χ1) is 16.3. The number of rotatable bonds is 5. The second kappa shape index (κ2) is 8.48. The Balaban J connectivity index is 1.69. The number of aromatic hydroxyl groups is 1. The molecule has 6 nitrogen and oxygen atoms in total. The van der Waals surface area contributed by atoms with Gasteiger partial charge in [-0.2, -0.15) is 0 Å². The predicted octanol–water partition coefficient (Wildman–Crippen LogP) is 5.91. The average molecular weight is 491 g/mol. The molecule has 168 valence electrons. The van der Waals surface area contributed by atoms with E-state index in [2.05, 4.69) is 4.99 Å². The highest BCUT2D eigenvalue weighted by Gasteiger charge is 2.36. The number of carboxylic acids is 1. The number of fused-ring (bicyclic) bond motifs is 1. The van der Waals surface area contributed by atoms with Crippen LogP contribution in [0.5, 0.6) is 5.88 Å². The number of amides is 1. The van der Waals surface area contributed by atoms with Crippen molar-refractivity contribution in [1.29, 1.82) is 0 Å². The predicted molar refractivity (Wildman–Crippen MR) is 130 cm³/mol. The highest BCUT2D eigenvalue weighted by Crippen LogP contribution is 2.41. The van der Waals surface area contributed by atoms with Crippen molar-refractivity contribution in [2.24, 2.45) is 4.99 Å². The van der Waals surface area contributed by atoms with E-state index in [4.69, 9.17) is 23.2 Å². The van der Waals surface area contributed by atoms with Crippen LogP contribution in [0.25, 0.3) is 11.3 Å². The summed E-state index contributed by atoms with van der Waals surface area (Å²) in [5.41, 5.74) is 3.76. The number of aromatic carboxylic acids is 1. The fourth-order valence-electron chi connectivity index (χ4n) is 4.07. The summed E-state index contributed by atoms with van der Waals surface area (Å²) in [5, 5.41) is 21.6. The molecule has 34 heavy (non-hydrogen) atoms. The summed E-state index contributed by atoms with van der Waals surface area (Å²) in [6.07, 6.45) is 0. The Morgan fingerprint density at radius 2 is 1.38 bits per heavy atom. The highest BCUT2D eigenvalue weighted by atomic mass is 35.5. The lowest BCUT2D eigenvalue weighted by atomic mass is 10.0. The number of hydrogen-bond donors (Lipinski definition) is 2. The Kier molecular flexibility index (Phi) is 5.48. The fraction of sp³-hybridized carbons (Fsp3) is 0.0385. The van der Waals surface area contributed by atoms with Crippen LogP contribution in [0, 0.1) is 0 Å². The number of carboxylic acid groups (broad SMARTS) is 1. The van der Waals surface area contributed by atoms with Crippen molar-refractivity contribution in [2.75, 3.05) is 0 Å². The molecule has 2 heterocycles. The van der Waals surface area contributed by atoms with Crippen LogP contribution in [0.4, 0.5) is 0 Å². The minimum absolute atomic E-state index is 0.109. The van der Waals surface area contributed by atoms with Gasteiger partial charge in [0.15, 0.2) is 0 Å². The second-order valence-corrected chi connectivity index (χ2v) is 8.66. The van der Waals surface area contributed by atoms with Gasteiger partial charge in [-0.1, -0.05) is 59.6 Å². The van der Waals surface area contributed by atoms with Gasteiger partial charge in [0.05, 0.1) is 34.6 Å². The van der Waals surface area contributed by atoms with E-state index in [1.807, 2.05) is 0 Å². The number of benzene rings is 3. The molecule has 0 atom stereocenters. The molecular formula is C26H16Cl2N2O4. The third-order valence-corrected chi connectivity index (χ3v) is 6.18. The number of nitrogens with zero attached hydrogens (tertiary/aromatic N) is 2. The highest BCUT2D eigenvalue weighted by molar-refractivity contribution is 6.32. The van der Waals surface area contributed by atoms with Crippen molar-refractivity contribution in [3.05, 3.63) is 111 Å². The molecule has 0 aliphatic carbocycles. The van der Waals surface area contributed by atoms with Gasteiger partial charge in [-0.25, -0.2) is 9.79 Å². The summed E-state index contributed by atoms with van der Waals surface area (Å²) < 4.78 is 1.63. The zero-order chi connectivity index (χ0) is 24.0. The van der Waals surface area contributed by atoms with Gasteiger partial charge in [0.2, 0.25) is 5.88 Å². The number of carbonyl (C=O) groups excluding carboxylic acids is 1. The van der Waals surface area contributed by atoms with E-state index in [0.29, 0.717) is 43.7 Å². The zero-order valence-electron chi connectivity index (χ0n) is 17.5. The molecule has 0 bridgehead atoms. The van der Waals surface area contributed by atoms with Gasteiger partial charge in [0.25, 0.3) is 5.91 Å². The Morgan fingerprint density at radius 3 is 1.94 bits per heavy atom. The van der Waals surface area contributed by atoms with Crippen LogP contribution in [0.3, 0.4) is 0 Å². The topological polar surface area (TPSA) is 91.9 Å². The largest absolute Gasteiger partial charge is 0.494 e. The number of halogens is 2. The Hall–Kier alpha value is -3.87. The summed E-state index contributed by atoms with van der Waals surface area (Å²) in [6, 6.07) is 20.2. The smallest absolute Gasteiger partial charge is 0.335 e. The van der Waals surface area contributed by atoms with E-state index in [1.54, 1.807) is 65.2 Å². The Labute approximate surface area is 204 Å². The maximum atomic E-state index is 13.1. The van der Waals surface area contributed by atoms with E-state index >= 15 is 0 Å². The lowest BCUT2D eigenvalue weighted by molar-refractivity contribution is 0.0696. The molecule has 3 aromatic carbocycles. The lowest BCUT2D eigenvalue weighted by Gasteiger charge is -2.13. The van der Waals surface area contributed by atoms with Crippen LogP contribution in [-0.4, -0.2) is 32.4 Å². The number of aliphatic imine (C=N–C) groups is 1. The SMILES string of the molecule is O=C(O)c1ccc(Cn2c(O)c3c(c2-c2ccc(Cl)cc2)C(=O)N=C3c2ccc(Cl)cc2)cc1. The first kappa shape index (κ1) is 21.9. The molecule has 0 saturated heterocycles. The molecule has 5 rings (SSSR count). The van der Waals surface area contributed by atoms with Crippen molar-refractivity contribution < 1.29 is 19.8 Å². The minimum Gasteiger partial charge on any atom is -0.494 e. The Morgan fingerprint density at radius 1 is 0.824 bits per heavy atom. The Bertz CT molecular complexity index is 1470. The van der Waals surface area contributed by atoms with Crippen LogP contribution >= 0.6 is 23.2 Å². The third kappa shape index (κ3) is 3.77. The first-order valence-electron chi connectivity index (χ1n) is 10.3. The molecular weight excluding hydrogens is 475 g/mol. The number of aromatic nitrogens is 1. The maximum Gasteiger partial charge on any atom is 0.335 e. The van der Waals surface area contributed by atoms with Gasteiger partial charge in [0.1, 0.15) is 0 Å². The molecule has 0 unspecified atom stereocenters. The van der Waals surface area contributed by atoms with Gasteiger partial charge in [-0.05, 0) is 47.5 Å². The van der Waals surface area contributed by atoms with Crippen molar-refractivity contribution >= 4 is 40.8 Å². The zero-order valence-corrected chi connectivity index (χ0v) is 19.0. The lowest BCUT2D eigenvalue weighted by Crippen LogP contribution is -2.06. The van der Waals surface area contributed by atoms with Gasteiger partial charge in [-0.15, -0.1) is 0 Å². The van der Waals surface area contributed by atoms with Crippen molar-refractivity contribution in [3.8, 4) is 17.1 Å². The summed E-state index contributed by atoms with van der Waals surface area (Å²) >= 11 is 12.1. The molecule has 0 saturated carbocycles. The summed E-state index contributed by atoms with van der Waals surface area (Å²) in [7, 11) is 0. The van der Waals surface area contributed by atoms with Crippen molar-refractivity contribution in [1.82, 2.24) is 4.57 Å². The summed E-state index contributed by atoms with van der Waals surface area (Å²) in [5.74, 6) is -1.59. The molecule has 1 aliphatic rings. The first-order valence-corrected chi connectivity index (χ1v) is 11.0. The van der Waals surface area contributed by atoms with Crippen LogP contribution in [0.1, 0.15) is 37.4 Å². The minimum atomic E-state index is -1.02. The molecule has 2 N–H and O–H groups in total. The average Bonchev–Trinajstić information content (AvgIpc) is 3.30. The van der Waals surface area contributed by atoms with E-state index < -0.39 is 11.9 Å². The standard InChI is InChI=1S/C26H16Cl2N2O4/c27-18-9-5-15(6-10-18)22-20-21(24(31)29-22)23(16-7-11-19(28)12-8-16)30(25(20)32)13-14-1-3-17(4-2-14)26(33)34/h1-12,32H,13H2,(H,33,34). The fourth-order valence-corrected chi connectivity index (χ4v) is 4.32. The van der Waals surface area contributed by atoms with Gasteiger partial charge in [0, 0.05) is 15.6 Å². The van der Waals surface area contributed by atoms with Gasteiger partial charge < -0.3 is 14.8 Å². The molecule has 1 amide bonds. The summed E-state index contributed by atoms with van der Waals surface area (Å²) in [4.78, 5) is 28.5. The van der Waals surface area contributed by atoms with Gasteiger partial charge >= 0.3 is 5.97 Å². The van der Waals surface area contributed by atoms with Crippen molar-refractivity contribution in [3.63, 3.8) is 0 Å². The molecule has 0 fully saturated rings. The quantitative estimate of drug-likeness (QED) is 0.363. The van der Waals surface area contributed by atoms with Crippen LogP contribution in [0.2, 0.25) is 10.0 Å². The molecule has 0 radical (unpaired) electrons. The second-order valence-electron chi connectivity index (χ2n) is 7.79. The van der Waals surface area contributed by atoms with Crippen LogP contribution < -0.4 is 0 Å². The van der Waals surface area contributed by atoms with Crippen LogP contribution in [0.15, 0.2) is 77.8 Å². The normalized spacial score (nSPS) is 12.5. The maximum absolute atomic E-state index is 13.1. The van der Waals surface area contributed by atoms with Crippen LogP contribution in [-0.2, 0) is 6.54 Å². The van der Waals surface area contributed by atoms with Gasteiger partial charge in [-0.3, -0.25) is 4.79 Å². The molecule has 8 heteroatoms. The van der Waals surface area contributed by atoms with E-state index in [1.165, 1.54) is 12.1 Å². The molecule has 1 aliphatic heterocycles. The monoisotopic (exact) mass is 490 g/mol. The summed E-state index contributed by atoms with van der Waals surface area (Å²) in [6.45, 7) is 0.206. The number of carbonyl (C=O) groups is 2. The van der Waals surface area contributed by atoms with Crippen molar-refractivity contribution in [2.45, 2.75) is 6.54 Å².